The lowest BCUT2D eigenvalue weighted by Gasteiger charge is -2.25. The van der Waals surface area contributed by atoms with E-state index in [4.69, 9.17) is 5.11 Å². The molecule has 0 aromatic heterocycles. The minimum atomic E-state index is -0.223. The summed E-state index contributed by atoms with van der Waals surface area (Å²) in [6, 6.07) is 6.45. The first-order chi connectivity index (χ1) is 6.56. The lowest BCUT2D eigenvalue weighted by atomic mass is 9.85. The Hall–Kier alpha value is -0.930. The van der Waals surface area contributed by atoms with Crippen molar-refractivity contribution in [3.63, 3.8) is 0 Å². The largest absolute Gasteiger partial charge is 0.381 e. The van der Waals surface area contributed by atoms with Crippen molar-refractivity contribution in [2.45, 2.75) is 19.3 Å². The van der Waals surface area contributed by atoms with Crippen molar-refractivity contribution >= 4 is 0 Å². The maximum atomic E-state index is 12.7. The molecule has 0 unspecified atom stereocenters. The molecule has 0 bridgehead atoms. The Bertz CT molecular complexity index is 282. The molecule has 14 heavy (non-hydrogen) atoms. The third-order valence-electron chi connectivity index (χ3n) is 2.30. The van der Waals surface area contributed by atoms with Crippen LogP contribution in [0.25, 0.3) is 0 Å². The fourth-order valence-corrected chi connectivity index (χ4v) is 1.37. The Labute approximate surface area is 83.8 Å². The molecule has 0 spiro atoms. The average molecular weight is 197 g/mol. The molecule has 1 aromatic rings. The summed E-state index contributed by atoms with van der Waals surface area (Å²) < 4.78 is 12.7. The summed E-state index contributed by atoms with van der Waals surface area (Å²) in [5.41, 5.74) is 0.955. The van der Waals surface area contributed by atoms with E-state index in [1.165, 1.54) is 12.1 Å². The lowest BCUT2D eigenvalue weighted by Crippen LogP contribution is -2.33. The second-order valence-corrected chi connectivity index (χ2v) is 3.98. The van der Waals surface area contributed by atoms with E-state index in [0.29, 0.717) is 6.54 Å². The van der Waals surface area contributed by atoms with Gasteiger partial charge in [-0.05, 0) is 17.7 Å². The van der Waals surface area contributed by atoms with Crippen molar-refractivity contribution in [1.29, 1.82) is 0 Å². The van der Waals surface area contributed by atoms with Gasteiger partial charge < -0.3 is 5.11 Å². The van der Waals surface area contributed by atoms with E-state index in [1.54, 1.807) is 12.1 Å². The molecule has 2 nitrogen and oxygen atoms in total. The number of aliphatic hydroxyl groups is 1. The molecule has 0 aliphatic carbocycles. The van der Waals surface area contributed by atoms with Gasteiger partial charge in [0, 0.05) is 12.0 Å². The zero-order chi connectivity index (χ0) is 10.6. The Balaban J connectivity index is 2.75. The van der Waals surface area contributed by atoms with Crippen LogP contribution in [0.15, 0.2) is 24.3 Å². The molecule has 0 aliphatic rings. The predicted molar refractivity (Wildman–Crippen MR) is 54.5 cm³/mol. The van der Waals surface area contributed by atoms with Crippen LogP contribution in [0.5, 0.6) is 0 Å². The van der Waals surface area contributed by atoms with E-state index in [0.717, 1.165) is 5.56 Å². The monoisotopic (exact) mass is 197 g/mol. The fourth-order valence-electron chi connectivity index (χ4n) is 1.37. The minimum Gasteiger partial charge on any atom is -0.381 e. The van der Waals surface area contributed by atoms with Crippen molar-refractivity contribution in [2.75, 3.05) is 13.3 Å². The van der Waals surface area contributed by atoms with Crippen LogP contribution in [-0.4, -0.2) is 18.4 Å². The molecular formula is C11H16FNO. The van der Waals surface area contributed by atoms with Crippen LogP contribution in [-0.2, 0) is 5.41 Å². The molecular weight excluding hydrogens is 181 g/mol. The first kappa shape index (κ1) is 11.1. The lowest BCUT2D eigenvalue weighted by molar-refractivity contribution is 0.247. The van der Waals surface area contributed by atoms with Crippen LogP contribution >= 0.6 is 0 Å². The SMILES string of the molecule is CC(C)(CNCO)c1ccc(F)cc1. The number of halogens is 1. The fraction of sp³-hybridized carbons (Fsp3) is 0.455. The highest BCUT2D eigenvalue weighted by Crippen LogP contribution is 2.22. The molecule has 78 valence electrons. The van der Waals surface area contributed by atoms with Crippen LogP contribution in [0.4, 0.5) is 4.39 Å². The van der Waals surface area contributed by atoms with Crippen LogP contribution < -0.4 is 5.32 Å². The summed E-state index contributed by atoms with van der Waals surface area (Å²) in [6.45, 7) is 4.71. The smallest absolute Gasteiger partial charge is 0.123 e. The van der Waals surface area contributed by atoms with Gasteiger partial charge in [0.2, 0.25) is 0 Å². The van der Waals surface area contributed by atoms with Gasteiger partial charge in [0.25, 0.3) is 0 Å². The zero-order valence-electron chi connectivity index (χ0n) is 8.55. The summed E-state index contributed by atoms with van der Waals surface area (Å²) in [6.07, 6.45) is 0. The first-order valence-corrected chi connectivity index (χ1v) is 4.64. The molecule has 0 saturated carbocycles. The first-order valence-electron chi connectivity index (χ1n) is 4.64. The predicted octanol–water partition coefficient (Wildman–Crippen LogP) is 1.64. The van der Waals surface area contributed by atoms with E-state index in [2.05, 4.69) is 5.32 Å². The van der Waals surface area contributed by atoms with Gasteiger partial charge >= 0.3 is 0 Å². The normalized spacial score (nSPS) is 11.7. The molecule has 0 heterocycles. The molecule has 2 N–H and O–H groups in total. The molecule has 1 rings (SSSR count). The van der Waals surface area contributed by atoms with Crippen molar-refractivity contribution in [2.24, 2.45) is 0 Å². The molecule has 0 saturated heterocycles. The van der Waals surface area contributed by atoms with E-state index in [9.17, 15) is 4.39 Å². The molecule has 0 fully saturated rings. The Kier molecular flexibility index (Phi) is 3.61. The molecule has 3 heteroatoms. The van der Waals surface area contributed by atoms with E-state index in [-0.39, 0.29) is 18.0 Å². The number of hydrogen-bond acceptors (Lipinski definition) is 2. The highest BCUT2D eigenvalue weighted by atomic mass is 19.1. The van der Waals surface area contributed by atoms with Crippen molar-refractivity contribution < 1.29 is 9.50 Å². The van der Waals surface area contributed by atoms with Gasteiger partial charge in [0.1, 0.15) is 5.82 Å². The quantitative estimate of drug-likeness (QED) is 0.719. The van der Waals surface area contributed by atoms with Gasteiger partial charge in [-0.25, -0.2) is 4.39 Å². The van der Waals surface area contributed by atoms with E-state index in [1.807, 2.05) is 13.8 Å². The Morgan fingerprint density at radius 3 is 2.36 bits per heavy atom. The van der Waals surface area contributed by atoms with Crippen LogP contribution in [0.2, 0.25) is 0 Å². The number of nitrogens with one attached hydrogen (secondary N) is 1. The summed E-state index contributed by atoms with van der Waals surface area (Å²) in [4.78, 5) is 0. The van der Waals surface area contributed by atoms with E-state index >= 15 is 0 Å². The third-order valence-corrected chi connectivity index (χ3v) is 2.30. The molecule has 0 aliphatic heterocycles. The van der Waals surface area contributed by atoms with Crippen LogP contribution in [0, 0.1) is 5.82 Å². The summed E-state index contributed by atoms with van der Waals surface area (Å²) in [5, 5.41) is 11.5. The third kappa shape index (κ3) is 2.79. The summed E-state index contributed by atoms with van der Waals surface area (Å²) in [7, 11) is 0. The second-order valence-electron chi connectivity index (χ2n) is 3.98. The number of benzene rings is 1. The zero-order valence-corrected chi connectivity index (χ0v) is 8.55. The maximum Gasteiger partial charge on any atom is 0.123 e. The van der Waals surface area contributed by atoms with Crippen molar-refractivity contribution in [3.05, 3.63) is 35.6 Å². The summed E-state index contributed by atoms with van der Waals surface area (Å²) >= 11 is 0. The second kappa shape index (κ2) is 4.53. The molecule has 0 radical (unpaired) electrons. The van der Waals surface area contributed by atoms with Crippen LogP contribution in [0.3, 0.4) is 0 Å². The summed E-state index contributed by atoms with van der Waals surface area (Å²) in [5.74, 6) is -0.223. The number of aliphatic hydroxyl groups excluding tert-OH is 1. The number of hydrogen-bond donors (Lipinski definition) is 2. The van der Waals surface area contributed by atoms with Gasteiger partial charge in [0.15, 0.2) is 0 Å². The van der Waals surface area contributed by atoms with Crippen molar-refractivity contribution in [1.82, 2.24) is 5.32 Å². The minimum absolute atomic E-state index is 0.0371. The molecule has 1 aromatic carbocycles. The van der Waals surface area contributed by atoms with Gasteiger partial charge in [-0.2, -0.15) is 0 Å². The highest BCUT2D eigenvalue weighted by Gasteiger charge is 2.19. The highest BCUT2D eigenvalue weighted by molar-refractivity contribution is 5.24. The standard InChI is InChI=1S/C11H16FNO/c1-11(2,7-13-8-14)9-3-5-10(12)6-4-9/h3-6,13-14H,7-8H2,1-2H3. The topological polar surface area (TPSA) is 32.3 Å². The van der Waals surface area contributed by atoms with Gasteiger partial charge in [-0.1, -0.05) is 26.0 Å². The van der Waals surface area contributed by atoms with Gasteiger partial charge in [-0.15, -0.1) is 0 Å². The number of rotatable bonds is 4. The van der Waals surface area contributed by atoms with E-state index < -0.39 is 0 Å². The Morgan fingerprint density at radius 2 is 1.86 bits per heavy atom. The Morgan fingerprint density at radius 1 is 1.29 bits per heavy atom. The van der Waals surface area contributed by atoms with Crippen molar-refractivity contribution in [3.8, 4) is 0 Å². The maximum absolute atomic E-state index is 12.7. The average Bonchev–Trinajstić information content (AvgIpc) is 2.16. The van der Waals surface area contributed by atoms with Gasteiger partial charge in [0.05, 0.1) is 6.73 Å². The van der Waals surface area contributed by atoms with Gasteiger partial charge in [-0.3, -0.25) is 5.32 Å². The molecule has 0 atom stereocenters. The van der Waals surface area contributed by atoms with Crippen LogP contribution in [0.1, 0.15) is 19.4 Å². The molecule has 0 amide bonds.